The number of rotatable bonds is 9. The van der Waals surface area contributed by atoms with Crippen molar-refractivity contribution < 1.29 is 19.1 Å². The van der Waals surface area contributed by atoms with E-state index in [1.807, 2.05) is 68.7 Å². The summed E-state index contributed by atoms with van der Waals surface area (Å²) >= 11 is 0. The zero-order valence-electron chi connectivity index (χ0n) is 22.7. The van der Waals surface area contributed by atoms with Crippen LogP contribution in [0.3, 0.4) is 0 Å². The zero-order chi connectivity index (χ0) is 26.9. The van der Waals surface area contributed by atoms with Crippen molar-refractivity contribution in [1.82, 2.24) is 9.80 Å². The van der Waals surface area contributed by atoms with Gasteiger partial charge in [-0.1, -0.05) is 42.5 Å². The van der Waals surface area contributed by atoms with Crippen LogP contribution in [0.25, 0.3) is 0 Å². The molecule has 0 radical (unpaired) electrons. The summed E-state index contributed by atoms with van der Waals surface area (Å²) in [6.45, 7) is 5.06. The van der Waals surface area contributed by atoms with Crippen molar-refractivity contribution in [1.29, 1.82) is 0 Å². The average molecular weight is 517 g/mol. The summed E-state index contributed by atoms with van der Waals surface area (Å²) in [6, 6.07) is 18.0. The highest BCUT2D eigenvalue weighted by molar-refractivity contribution is 5.95. The van der Waals surface area contributed by atoms with Crippen LogP contribution < -0.4 is 4.74 Å². The quantitative estimate of drug-likeness (QED) is 0.375. The van der Waals surface area contributed by atoms with Crippen molar-refractivity contribution in [2.45, 2.75) is 76.2 Å². The molecule has 5 rings (SSSR count). The van der Waals surface area contributed by atoms with Crippen molar-refractivity contribution in [2.75, 3.05) is 14.1 Å². The van der Waals surface area contributed by atoms with Crippen LogP contribution in [-0.4, -0.2) is 54.5 Å². The van der Waals surface area contributed by atoms with Crippen molar-refractivity contribution >= 4 is 12.4 Å². The van der Waals surface area contributed by atoms with Crippen LogP contribution in [0.1, 0.15) is 67.3 Å². The highest BCUT2D eigenvalue weighted by Crippen LogP contribution is 2.38. The van der Waals surface area contributed by atoms with Gasteiger partial charge in [0.1, 0.15) is 12.4 Å². The van der Waals surface area contributed by atoms with E-state index in [2.05, 4.69) is 27.3 Å². The summed E-state index contributed by atoms with van der Waals surface area (Å²) in [7, 11) is 4.09. The summed E-state index contributed by atoms with van der Waals surface area (Å²) in [5.41, 5.74) is 4.28. The Labute approximate surface area is 226 Å². The lowest BCUT2D eigenvalue weighted by Gasteiger charge is -2.37. The van der Waals surface area contributed by atoms with E-state index in [0.717, 1.165) is 61.8 Å². The standard InChI is InChI=1S/C24H32N2O2.C8H8O2/c1-17-7-10-21(15-19(17)16-25(2)3)26(20-11-12-20)24(27)18-8-13-23(14-9-18)28-22-5-4-6-22;9-7-10-6-8-4-2-1-3-5-8/h8-9,13-14,16,20-22H,1,4-7,10-12,15H2,2-3H3;1-5,7H,6H2/b19-16-;. The summed E-state index contributed by atoms with van der Waals surface area (Å²) in [5.74, 6) is 1.05. The maximum absolute atomic E-state index is 13.4. The Kier molecular flexibility index (Phi) is 9.63. The molecule has 0 bridgehead atoms. The molecule has 0 N–H and O–H groups in total. The van der Waals surface area contributed by atoms with Gasteiger partial charge in [-0.15, -0.1) is 0 Å². The molecule has 0 aromatic heterocycles. The minimum absolute atomic E-state index is 0.166. The zero-order valence-corrected chi connectivity index (χ0v) is 22.7. The Balaban J connectivity index is 0.000000283. The summed E-state index contributed by atoms with van der Waals surface area (Å²) in [5, 5.41) is 0. The first-order valence-corrected chi connectivity index (χ1v) is 13.7. The molecule has 0 spiro atoms. The van der Waals surface area contributed by atoms with E-state index in [0.29, 0.717) is 25.2 Å². The number of allylic oxidation sites excluding steroid dienone is 1. The number of benzene rings is 2. The van der Waals surface area contributed by atoms with Gasteiger partial charge in [0.2, 0.25) is 0 Å². The second-order valence-electron chi connectivity index (χ2n) is 10.6. The molecule has 202 valence electrons. The lowest BCUT2D eigenvalue weighted by Crippen LogP contribution is -2.43. The first-order chi connectivity index (χ1) is 18.4. The normalized spacial score (nSPS) is 20.0. The monoisotopic (exact) mass is 516 g/mol. The van der Waals surface area contributed by atoms with E-state index >= 15 is 0 Å². The number of hydrogen-bond donors (Lipinski definition) is 0. The summed E-state index contributed by atoms with van der Waals surface area (Å²) in [6.07, 6.45) is 11.2. The number of nitrogens with zero attached hydrogens (tertiary/aromatic N) is 2. The highest BCUT2D eigenvalue weighted by Gasteiger charge is 2.39. The van der Waals surface area contributed by atoms with E-state index in [4.69, 9.17) is 4.74 Å². The van der Waals surface area contributed by atoms with Gasteiger partial charge in [-0.2, -0.15) is 0 Å². The van der Waals surface area contributed by atoms with Gasteiger partial charge in [0.15, 0.2) is 0 Å². The fourth-order valence-electron chi connectivity index (χ4n) is 4.89. The molecule has 1 atom stereocenters. The van der Waals surface area contributed by atoms with Crippen LogP contribution >= 0.6 is 0 Å². The van der Waals surface area contributed by atoms with Crippen LogP contribution in [0.15, 0.2) is 78.5 Å². The maximum atomic E-state index is 13.4. The average Bonchev–Trinajstić information content (AvgIpc) is 3.73. The number of ether oxygens (including phenoxy) is 2. The minimum Gasteiger partial charge on any atom is -0.490 e. The molecular formula is C32H40N2O4. The summed E-state index contributed by atoms with van der Waals surface area (Å²) < 4.78 is 10.5. The first-order valence-electron chi connectivity index (χ1n) is 13.7. The van der Waals surface area contributed by atoms with E-state index in [-0.39, 0.29) is 11.9 Å². The van der Waals surface area contributed by atoms with Gasteiger partial charge in [0, 0.05) is 37.9 Å². The van der Waals surface area contributed by atoms with Crippen molar-refractivity contribution in [3.8, 4) is 5.75 Å². The van der Waals surface area contributed by atoms with Crippen molar-refractivity contribution in [3.63, 3.8) is 0 Å². The van der Waals surface area contributed by atoms with Gasteiger partial charge in [0.05, 0.1) is 6.10 Å². The second kappa shape index (κ2) is 13.3. The molecule has 0 heterocycles. The molecule has 0 aliphatic heterocycles. The molecule has 1 unspecified atom stereocenters. The highest BCUT2D eigenvalue weighted by atomic mass is 16.5. The van der Waals surface area contributed by atoms with Crippen molar-refractivity contribution in [3.05, 3.63) is 89.6 Å². The number of carbonyl (C=O) groups is 2. The van der Waals surface area contributed by atoms with Gasteiger partial charge < -0.3 is 19.3 Å². The largest absolute Gasteiger partial charge is 0.490 e. The molecule has 3 saturated carbocycles. The molecule has 6 heteroatoms. The molecule has 2 aromatic carbocycles. The van der Waals surface area contributed by atoms with Crippen LogP contribution in [0.2, 0.25) is 0 Å². The predicted octanol–water partition coefficient (Wildman–Crippen LogP) is 6.14. The molecule has 3 aliphatic rings. The SMILES string of the molecule is C=C1CCC(N(C(=O)c2ccc(OC3CCC3)cc2)C2CC2)C/C1=C/N(C)C.O=COCc1ccccc1. The van der Waals surface area contributed by atoms with E-state index < -0.39 is 0 Å². The van der Waals surface area contributed by atoms with E-state index in [1.165, 1.54) is 17.6 Å². The molecule has 1 amide bonds. The maximum Gasteiger partial charge on any atom is 0.293 e. The van der Waals surface area contributed by atoms with Gasteiger partial charge >= 0.3 is 0 Å². The fourth-order valence-corrected chi connectivity index (χ4v) is 4.89. The Bertz CT molecular complexity index is 1100. The predicted molar refractivity (Wildman–Crippen MR) is 150 cm³/mol. The van der Waals surface area contributed by atoms with E-state index in [9.17, 15) is 9.59 Å². The molecule has 3 aliphatic carbocycles. The number of amides is 1. The Hall–Kier alpha value is -3.54. The molecule has 0 saturated heterocycles. The minimum atomic E-state index is 0.166. The van der Waals surface area contributed by atoms with Crippen LogP contribution in [0.5, 0.6) is 5.75 Å². The lowest BCUT2D eigenvalue weighted by molar-refractivity contribution is -0.129. The lowest BCUT2D eigenvalue weighted by atomic mass is 9.86. The third-order valence-electron chi connectivity index (χ3n) is 7.29. The van der Waals surface area contributed by atoms with Crippen LogP contribution in [0, 0.1) is 0 Å². The van der Waals surface area contributed by atoms with Crippen LogP contribution in [0.4, 0.5) is 0 Å². The topological polar surface area (TPSA) is 59.1 Å². The first kappa shape index (κ1) is 27.5. The smallest absolute Gasteiger partial charge is 0.293 e. The van der Waals surface area contributed by atoms with Gasteiger partial charge in [-0.3, -0.25) is 9.59 Å². The Morgan fingerprint density at radius 3 is 2.26 bits per heavy atom. The van der Waals surface area contributed by atoms with E-state index in [1.54, 1.807) is 0 Å². The number of carbonyl (C=O) groups excluding carboxylic acids is 2. The Morgan fingerprint density at radius 1 is 0.974 bits per heavy atom. The molecule has 3 fully saturated rings. The molecule has 6 nitrogen and oxygen atoms in total. The van der Waals surface area contributed by atoms with Gasteiger partial charge in [0.25, 0.3) is 12.4 Å². The number of hydrogen-bond acceptors (Lipinski definition) is 5. The molecule has 2 aromatic rings. The summed E-state index contributed by atoms with van der Waals surface area (Å²) in [4.78, 5) is 27.4. The van der Waals surface area contributed by atoms with Gasteiger partial charge in [-0.25, -0.2) is 0 Å². The third kappa shape index (κ3) is 7.73. The van der Waals surface area contributed by atoms with Crippen molar-refractivity contribution in [2.24, 2.45) is 0 Å². The second-order valence-corrected chi connectivity index (χ2v) is 10.6. The molecule has 38 heavy (non-hydrogen) atoms. The van der Waals surface area contributed by atoms with Gasteiger partial charge in [-0.05, 0) is 86.8 Å². The fraction of sp³-hybridized carbons (Fsp3) is 0.438. The molecular weight excluding hydrogens is 476 g/mol. The Morgan fingerprint density at radius 2 is 1.68 bits per heavy atom. The third-order valence-corrected chi connectivity index (χ3v) is 7.29. The van der Waals surface area contributed by atoms with Crippen LogP contribution in [-0.2, 0) is 16.1 Å².